The van der Waals surface area contributed by atoms with Gasteiger partial charge in [0.15, 0.2) is 11.5 Å². The number of ether oxygens (including phenoxy) is 2. The maximum absolute atomic E-state index is 11.4. The van der Waals surface area contributed by atoms with Crippen LogP contribution in [0.4, 0.5) is 5.82 Å². The van der Waals surface area contributed by atoms with Gasteiger partial charge in [-0.25, -0.2) is 14.8 Å². The van der Waals surface area contributed by atoms with Crippen LogP contribution in [-0.2, 0) is 4.79 Å². The summed E-state index contributed by atoms with van der Waals surface area (Å²) in [5, 5.41) is 12.9. The first kappa shape index (κ1) is 15.8. The number of aliphatic carboxylic acids is 1. The Kier molecular flexibility index (Phi) is 4.65. The van der Waals surface area contributed by atoms with E-state index < -0.39 is 12.0 Å². The molecule has 7 nitrogen and oxygen atoms in total. The number of anilines is 1. The largest absolute Gasteiger partial charge is 0.493 e. The standard InChI is InChI=1S/C15H19N3O4/c1-8(2)13(15(19)20)18-14-9-5-11(21-3)12(22-4)6-10(9)16-7-17-14/h5-8,13H,1-4H3,(H,19,20)(H,16,17,18). The molecule has 0 spiro atoms. The van der Waals surface area contributed by atoms with Crippen molar-refractivity contribution in [2.24, 2.45) is 5.92 Å². The zero-order valence-corrected chi connectivity index (χ0v) is 13.0. The second kappa shape index (κ2) is 6.46. The van der Waals surface area contributed by atoms with Crippen molar-refractivity contribution in [2.45, 2.75) is 19.9 Å². The Labute approximate surface area is 128 Å². The average molecular weight is 305 g/mol. The van der Waals surface area contributed by atoms with Gasteiger partial charge >= 0.3 is 5.97 Å². The van der Waals surface area contributed by atoms with Gasteiger partial charge in [0.1, 0.15) is 18.2 Å². The first-order valence-electron chi connectivity index (χ1n) is 6.84. The lowest BCUT2D eigenvalue weighted by atomic mass is 10.0. The lowest BCUT2D eigenvalue weighted by Gasteiger charge is -2.19. The van der Waals surface area contributed by atoms with Crippen molar-refractivity contribution < 1.29 is 19.4 Å². The molecular weight excluding hydrogens is 286 g/mol. The van der Waals surface area contributed by atoms with Gasteiger partial charge in [-0.05, 0) is 12.0 Å². The molecule has 1 atom stereocenters. The van der Waals surface area contributed by atoms with Crippen LogP contribution in [0.3, 0.4) is 0 Å². The SMILES string of the molecule is COc1cc2ncnc(NC(C(=O)O)C(C)C)c2cc1OC. The Balaban J connectivity index is 2.52. The normalized spacial score (nSPS) is 12.2. The van der Waals surface area contributed by atoms with Gasteiger partial charge in [0, 0.05) is 11.5 Å². The summed E-state index contributed by atoms with van der Waals surface area (Å²) in [5.74, 6) is 0.513. The van der Waals surface area contributed by atoms with Crippen LogP contribution in [0.5, 0.6) is 11.5 Å². The molecule has 2 N–H and O–H groups in total. The van der Waals surface area contributed by atoms with Gasteiger partial charge < -0.3 is 19.9 Å². The zero-order chi connectivity index (χ0) is 16.3. The Morgan fingerprint density at radius 1 is 1.18 bits per heavy atom. The van der Waals surface area contributed by atoms with Gasteiger partial charge in [-0.1, -0.05) is 13.8 Å². The van der Waals surface area contributed by atoms with Gasteiger partial charge in [-0.2, -0.15) is 0 Å². The summed E-state index contributed by atoms with van der Waals surface area (Å²) in [6, 6.07) is 2.72. The van der Waals surface area contributed by atoms with E-state index in [9.17, 15) is 9.90 Å². The third-order valence-electron chi connectivity index (χ3n) is 3.37. The molecule has 0 aliphatic heterocycles. The summed E-state index contributed by atoms with van der Waals surface area (Å²) in [6.07, 6.45) is 1.38. The Hall–Kier alpha value is -2.57. The first-order chi connectivity index (χ1) is 10.5. The predicted octanol–water partition coefficient (Wildman–Crippen LogP) is 2.17. The van der Waals surface area contributed by atoms with Gasteiger partial charge in [-0.3, -0.25) is 0 Å². The summed E-state index contributed by atoms with van der Waals surface area (Å²) in [6.45, 7) is 3.66. The first-order valence-corrected chi connectivity index (χ1v) is 6.84. The number of carbonyl (C=O) groups is 1. The van der Waals surface area contributed by atoms with Gasteiger partial charge in [0.05, 0.1) is 19.7 Å². The Morgan fingerprint density at radius 2 is 1.82 bits per heavy atom. The minimum absolute atomic E-state index is 0.0948. The number of nitrogens with one attached hydrogen (secondary N) is 1. The predicted molar refractivity (Wildman–Crippen MR) is 82.5 cm³/mol. The van der Waals surface area contributed by atoms with Gasteiger partial charge in [0.25, 0.3) is 0 Å². The Morgan fingerprint density at radius 3 is 2.36 bits per heavy atom. The monoisotopic (exact) mass is 305 g/mol. The molecule has 1 aromatic heterocycles. The van der Waals surface area contributed by atoms with Gasteiger partial charge in [-0.15, -0.1) is 0 Å². The van der Waals surface area contributed by atoms with Crippen LogP contribution in [0.15, 0.2) is 18.5 Å². The molecule has 0 saturated carbocycles. The maximum Gasteiger partial charge on any atom is 0.326 e. The van der Waals surface area contributed by atoms with E-state index in [0.717, 1.165) is 0 Å². The average Bonchev–Trinajstić information content (AvgIpc) is 2.50. The fraction of sp³-hybridized carbons (Fsp3) is 0.400. The molecule has 1 heterocycles. The quantitative estimate of drug-likeness (QED) is 0.844. The molecule has 0 saturated heterocycles. The smallest absolute Gasteiger partial charge is 0.326 e. The van der Waals surface area contributed by atoms with E-state index in [1.165, 1.54) is 13.4 Å². The van der Waals surface area contributed by atoms with Crippen LogP contribution in [-0.4, -0.2) is 41.3 Å². The van der Waals surface area contributed by atoms with E-state index in [1.54, 1.807) is 19.2 Å². The lowest BCUT2D eigenvalue weighted by Crippen LogP contribution is -2.34. The fourth-order valence-electron chi connectivity index (χ4n) is 2.16. The molecule has 1 unspecified atom stereocenters. The molecule has 0 aliphatic carbocycles. The highest BCUT2D eigenvalue weighted by Crippen LogP contribution is 2.33. The number of fused-ring (bicyclic) bond motifs is 1. The Bertz CT molecular complexity index is 688. The summed E-state index contributed by atoms with van der Waals surface area (Å²) in [7, 11) is 3.08. The highest BCUT2D eigenvalue weighted by Gasteiger charge is 2.23. The number of carboxylic acid groups (broad SMARTS) is 1. The molecule has 0 fully saturated rings. The minimum Gasteiger partial charge on any atom is -0.493 e. The molecule has 2 aromatic rings. The number of hydrogen-bond donors (Lipinski definition) is 2. The highest BCUT2D eigenvalue weighted by molar-refractivity contribution is 5.93. The third kappa shape index (κ3) is 3.03. The number of aromatic nitrogens is 2. The van der Waals surface area contributed by atoms with E-state index >= 15 is 0 Å². The molecule has 0 bridgehead atoms. The van der Waals surface area contributed by atoms with E-state index in [4.69, 9.17) is 9.47 Å². The number of nitrogens with zero attached hydrogens (tertiary/aromatic N) is 2. The fourth-order valence-corrected chi connectivity index (χ4v) is 2.16. The van der Waals surface area contributed by atoms with E-state index in [-0.39, 0.29) is 5.92 Å². The molecule has 7 heteroatoms. The number of hydrogen-bond acceptors (Lipinski definition) is 6. The lowest BCUT2D eigenvalue weighted by molar-refractivity contribution is -0.138. The van der Waals surface area contributed by atoms with Crippen molar-refractivity contribution >= 4 is 22.7 Å². The third-order valence-corrected chi connectivity index (χ3v) is 3.37. The highest BCUT2D eigenvalue weighted by atomic mass is 16.5. The van der Waals surface area contributed by atoms with Crippen molar-refractivity contribution in [1.29, 1.82) is 0 Å². The molecule has 22 heavy (non-hydrogen) atoms. The molecule has 0 amide bonds. The van der Waals surface area contributed by atoms with Crippen LogP contribution in [0.2, 0.25) is 0 Å². The van der Waals surface area contributed by atoms with E-state index in [0.29, 0.717) is 28.2 Å². The second-order valence-electron chi connectivity index (χ2n) is 5.15. The number of rotatable bonds is 6. The van der Waals surface area contributed by atoms with Crippen molar-refractivity contribution in [1.82, 2.24) is 9.97 Å². The summed E-state index contributed by atoms with van der Waals surface area (Å²) in [4.78, 5) is 19.7. The van der Waals surface area contributed by atoms with Crippen LogP contribution >= 0.6 is 0 Å². The number of carboxylic acids is 1. The van der Waals surface area contributed by atoms with Crippen molar-refractivity contribution in [3.8, 4) is 11.5 Å². The van der Waals surface area contributed by atoms with Crippen LogP contribution in [0, 0.1) is 5.92 Å². The van der Waals surface area contributed by atoms with E-state index in [1.807, 2.05) is 13.8 Å². The molecular formula is C15H19N3O4. The number of benzene rings is 1. The van der Waals surface area contributed by atoms with Crippen LogP contribution in [0.1, 0.15) is 13.8 Å². The van der Waals surface area contributed by atoms with Gasteiger partial charge in [0.2, 0.25) is 0 Å². The molecule has 1 aromatic carbocycles. The second-order valence-corrected chi connectivity index (χ2v) is 5.15. The van der Waals surface area contributed by atoms with Crippen LogP contribution < -0.4 is 14.8 Å². The number of methoxy groups -OCH3 is 2. The topological polar surface area (TPSA) is 93.6 Å². The molecule has 2 rings (SSSR count). The molecule has 118 valence electrons. The zero-order valence-electron chi connectivity index (χ0n) is 13.0. The van der Waals surface area contributed by atoms with E-state index in [2.05, 4.69) is 15.3 Å². The van der Waals surface area contributed by atoms with Crippen molar-refractivity contribution in [2.75, 3.05) is 19.5 Å². The minimum atomic E-state index is -0.928. The van der Waals surface area contributed by atoms with Crippen molar-refractivity contribution in [3.05, 3.63) is 18.5 Å². The summed E-state index contributed by atoms with van der Waals surface area (Å²) in [5.41, 5.74) is 0.642. The summed E-state index contributed by atoms with van der Waals surface area (Å²) < 4.78 is 10.5. The maximum atomic E-state index is 11.4. The molecule has 0 radical (unpaired) electrons. The van der Waals surface area contributed by atoms with Crippen LogP contribution in [0.25, 0.3) is 10.9 Å². The summed E-state index contributed by atoms with van der Waals surface area (Å²) >= 11 is 0. The molecule has 0 aliphatic rings. The van der Waals surface area contributed by atoms with Crippen molar-refractivity contribution in [3.63, 3.8) is 0 Å².